The Labute approximate surface area is 130 Å². The minimum atomic E-state index is -1.10. The lowest BCUT2D eigenvalue weighted by Crippen LogP contribution is -2.15. The molecule has 0 radical (unpaired) electrons. The molecule has 0 spiro atoms. The van der Waals surface area contributed by atoms with Gasteiger partial charge in [-0.2, -0.15) is 5.26 Å². The number of carboxylic acids is 1. The molecule has 1 amide bonds. The van der Waals surface area contributed by atoms with Crippen molar-refractivity contribution < 1.29 is 24.3 Å². The molecule has 0 saturated heterocycles. The highest BCUT2D eigenvalue weighted by molar-refractivity contribution is 6.11. The van der Waals surface area contributed by atoms with E-state index in [9.17, 15) is 14.7 Å². The number of benzene rings is 1. The maximum Gasteiger partial charge on any atom is 0.335 e. The van der Waals surface area contributed by atoms with Crippen molar-refractivity contribution in [2.75, 3.05) is 5.32 Å². The molecule has 1 heterocycles. The minimum Gasteiger partial charge on any atom is -0.506 e. The SMILES string of the molecule is Cc1nocc1/C(O)=C(\C#N)C(=O)Nc1ccc(C(=O)O)cc1. The van der Waals surface area contributed by atoms with Crippen LogP contribution in [0.2, 0.25) is 0 Å². The highest BCUT2D eigenvalue weighted by Gasteiger charge is 2.20. The smallest absolute Gasteiger partial charge is 0.335 e. The maximum absolute atomic E-state index is 12.1. The third kappa shape index (κ3) is 3.36. The number of anilines is 1. The molecule has 0 saturated carbocycles. The Morgan fingerprint density at radius 1 is 1.26 bits per heavy atom. The number of aromatic carboxylic acids is 1. The summed E-state index contributed by atoms with van der Waals surface area (Å²) in [4.78, 5) is 22.8. The molecule has 0 fully saturated rings. The second kappa shape index (κ2) is 6.44. The van der Waals surface area contributed by atoms with E-state index < -0.39 is 23.2 Å². The van der Waals surface area contributed by atoms with E-state index in [1.165, 1.54) is 24.3 Å². The highest BCUT2D eigenvalue weighted by atomic mass is 16.5. The normalized spacial score (nSPS) is 11.3. The molecule has 0 aliphatic carbocycles. The van der Waals surface area contributed by atoms with Crippen LogP contribution in [0, 0.1) is 18.3 Å². The Hall–Kier alpha value is -3.60. The van der Waals surface area contributed by atoms with E-state index in [1.54, 1.807) is 13.0 Å². The van der Waals surface area contributed by atoms with E-state index in [0.717, 1.165) is 6.26 Å². The summed E-state index contributed by atoms with van der Waals surface area (Å²) in [5.41, 5.74) is 0.287. The second-order valence-electron chi connectivity index (χ2n) is 4.49. The zero-order valence-corrected chi connectivity index (χ0v) is 11.9. The number of aryl methyl sites for hydroxylation is 1. The number of hydrogen-bond acceptors (Lipinski definition) is 6. The first-order valence-corrected chi connectivity index (χ1v) is 6.33. The first kappa shape index (κ1) is 15.8. The number of hydrogen-bond donors (Lipinski definition) is 3. The molecule has 2 aromatic rings. The molecule has 23 heavy (non-hydrogen) atoms. The van der Waals surface area contributed by atoms with Gasteiger partial charge in [0, 0.05) is 5.69 Å². The van der Waals surface area contributed by atoms with Crippen LogP contribution in [-0.4, -0.2) is 27.2 Å². The van der Waals surface area contributed by atoms with Crippen LogP contribution in [-0.2, 0) is 4.79 Å². The molecule has 1 aromatic heterocycles. The van der Waals surface area contributed by atoms with Crippen molar-refractivity contribution in [3.8, 4) is 6.07 Å². The molecule has 0 atom stereocenters. The van der Waals surface area contributed by atoms with Crippen LogP contribution in [0.15, 0.2) is 40.6 Å². The second-order valence-corrected chi connectivity index (χ2v) is 4.49. The third-order valence-corrected chi connectivity index (χ3v) is 2.97. The van der Waals surface area contributed by atoms with Crippen LogP contribution in [0.4, 0.5) is 5.69 Å². The summed E-state index contributed by atoms with van der Waals surface area (Å²) in [6.07, 6.45) is 1.12. The van der Waals surface area contributed by atoms with Crippen molar-refractivity contribution >= 4 is 23.3 Å². The largest absolute Gasteiger partial charge is 0.506 e. The quantitative estimate of drug-likeness (QED) is 0.446. The van der Waals surface area contributed by atoms with Crippen LogP contribution in [0.5, 0.6) is 0 Å². The lowest BCUT2D eigenvalue weighted by atomic mass is 10.1. The topological polar surface area (TPSA) is 136 Å². The van der Waals surface area contributed by atoms with E-state index in [0.29, 0.717) is 5.69 Å². The van der Waals surface area contributed by atoms with Gasteiger partial charge in [-0.1, -0.05) is 5.16 Å². The number of carboxylic acid groups (broad SMARTS) is 1. The molecule has 2 rings (SSSR count). The number of aromatic nitrogens is 1. The first-order valence-electron chi connectivity index (χ1n) is 6.33. The number of nitrogens with one attached hydrogen (secondary N) is 1. The van der Waals surface area contributed by atoms with Gasteiger partial charge in [-0.15, -0.1) is 0 Å². The van der Waals surface area contributed by atoms with E-state index in [4.69, 9.17) is 10.4 Å². The minimum absolute atomic E-state index is 0.0574. The predicted molar refractivity (Wildman–Crippen MR) is 78.4 cm³/mol. The average molecular weight is 313 g/mol. The van der Waals surface area contributed by atoms with Gasteiger partial charge in [0.05, 0.1) is 16.8 Å². The van der Waals surface area contributed by atoms with Crippen molar-refractivity contribution in [3.63, 3.8) is 0 Å². The number of carbonyl (C=O) groups excluding carboxylic acids is 1. The summed E-state index contributed by atoms with van der Waals surface area (Å²) >= 11 is 0. The molecular formula is C15H11N3O5. The van der Waals surface area contributed by atoms with E-state index >= 15 is 0 Å². The maximum atomic E-state index is 12.1. The Morgan fingerprint density at radius 2 is 1.91 bits per heavy atom. The lowest BCUT2D eigenvalue weighted by Gasteiger charge is -2.06. The zero-order valence-electron chi connectivity index (χ0n) is 11.9. The van der Waals surface area contributed by atoms with Crippen LogP contribution in [0.3, 0.4) is 0 Å². The molecule has 0 aliphatic rings. The molecule has 1 aromatic carbocycles. The summed E-state index contributed by atoms with van der Waals surface area (Å²) in [7, 11) is 0. The van der Waals surface area contributed by atoms with Crippen molar-refractivity contribution in [1.82, 2.24) is 5.16 Å². The number of amides is 1. The average Bonchev–Trinajstić information content (AvgIpc) is 2.94. The van der Waals surface area contributed by atoms with Crippen molar-refractivity contribution in [1.29, 1.82) is 5.26 Å². The number of carbonyl (C=O) groups is 2. The standard InChI is InChI=1S/C15H11N3O5/c1-8-12(7-23-18-8)13(19)11(6-16)14(20)17-10-4-2-9(3-5-10)15(21)22/h2-5,7,19H,1H3,(H,17,20)(H,21,22)/b13-11-. The van der Waals surface area contributed by atoms with Gasteiger partial charge in [0.1, 0.15) is 12.3 Å². The third-order valence-electron chi connectivity index (χ3n) is 2.97. The fourth-order valence-electron chi connectivity index (χ4n) is 1.76. The molecule has 8 nitrogen and oxygen atoms in total. The van der Waals surface area contributed by atoms with Gasteiger partial charge >= 0.3 is 5.97 Å². The van der Waals surface area contributed by atoms with Gasteiger partial charge in [0.25, 0.3) is 5.91 Å². The molecule has 0 bridgehead atoms. The predicted octanol–water partition coefficient (Wildman–Crippen LogP) is 2.11. The van der Waals surface area contributed by atoms with Gasteiger partial charge in [0.2, 0.25) is 0 Å². The zero-order chi connectivity index (χ0) is 17.0. The number of rotatable bonds is 4. The van der Waals surface area contributed by atoms with Gasteiger partial charge in [-0.05, 0) is 31.2 Å². The highest BCUT2D eigenvalue weighted by Crippen LogP contribution is 2.20. The van der Waals surface area contributed by atoms with Crippen molar-refractivity contribution in [2.45, 2.75) is 6.92 Å². The molecule has 3 N–H and O–H groups in total. The summed E-state index contributed by atoms with van der Waals surface area (Å²) in [5, 5.41) is 33.9. The first-order chi connectivity index (χ1) is 10.9. The summed E-state index contributed by atoms with van der Waals surface area (Å²) in [6.45, 7) is 1.55. The Kier molecular flexibility index (Phi) is 4.42. The number of nitrogens with zero attached hydrogens (tertiary/aromatic N) is 2. The molecule has 8 heteroatoms. The summed E-state index contributed by atoms with van der Waals surface area (Å²) < 4.78 is 4.65. The molecule has 0 unspecified atom stereocenters. The van der Waals surface area contributed by atoms with Crippen LogP contribution in [0.25, 0.3) is 5.76 Å². The van der Waals surface area contributed by atoms with E-state index in [2.05, 4.69) is 15.0 Å². The molecule has 116 valence electrons. The number of aliphatic hydroxyl groups excluding tert-OH is 1. The number of nitriles is 1. The van der Waals surface area contributed by atoms with E-state index in [-0.39, 0.29) is 16.8 Å². The fraction of sp³-hybridized carbons (Fsp3) is 0.0667. The van der Waals surface area contributed by atoms with Crippen LogP contribution in [0.1, 0.15) is 21.6 Å². The van der Waals surface area contributed by atoms with Gasteiger partial charge in [-0.3, -0.25) is 4.79 Å². The summed E-state index contributed by atoms with van der Waals surface area (Å²) in [6, 6.07) is 6.97. The monoisotopic (exact) mass is 313 g/mol. The Balaban J connectivity index is 2.26. The van der Waals surface area contributed by atoms with Crippen LogP contribution < -0.4 is 5.32 Å². The fourth-order valence-corrected chi connectivity index (χ4v) is 1.76. The van der Waals surface area contributed by atoms with Crippen molar-refractivity contribution in [3.05, 3.63) is 52.9 Å². The lowest BCUT2D eigenvalue weighted by molar-refractivity contribution is -0.112. The summed E-state index contributed by atoms with van der Waals surface area (Å²) in [5.74, 6) is -2.49. The molecule has 0 aliphatic heterocycles. The Bertz CT molecular complexity index is 828. The molecular weight excluding hydrogens is 302 g/mol. The van der Waals surface area contributed by atoms with Crippen molar-refractivity contribution in [2.24, 2.45) is 0 Å². The Morgan fingerprint density at radius 3 is 2.39 bits per heavy atom. The van der Waals surface area contributed by atoms with Crippen LogP contribution >= 0.6 is 0 Å². The van der Waals surface area contributed by atoms with Gasteiger partial charge in [-0.25, -0.2) is 4.79 Å². The number of aliphatic hydroxyl groups is 1. The van der Waals surface area contributed by atoms with E-state index in [1.807, 2.05) is 0 Å². The van der Waals surface area contributed by atoms with Gasteiger partial charge < -0.3 is 20.1 Å². The van der Waals surface area contributed by atoms with Gasteiger partial charge in [0.15, 0.2) is 11.3 Å².